The second-order valence-corrected chi connectivity index (χ2v) is 13.2. The summed E-state index contributed by atoms with van der Waals surface area (Å²) in [5.41, 5.74) is 2.14. The fourth-order valence-electron chi connectivity index (χ4n) is 5.10. The molecule has 0 bridgehead atoms. The molecule has 1 amide bonds. The summed E-state index contributed by atoms with van der Waals surface area (Å²) in [7, 11) is 0. The van der Waals surface area contributed by atoms with Crippen molar-refractivity contribution in [1.29, 1.82) is 0 Å². The number of anilines is 1. The Morgan fingerprint density at radius 2 is 1.77 bits per heavy atom. The predicted molar refractivity (Wildman–Crippen MR) is 167 cm³/mol. The van der Waals surface area contributed by atoms with Crippen LogP contribution in [0.1, 0.15) is 73.9 Å². The van der Waals surface area contributed by atoms with Crippen LogP contribution in [0.2, 0.25) is 15.1 Å². The van der Waals surface area contributed by atoms with Gasteiger partial charge in [0, 0.05) is 52.4 Å². The van der Waals surface area contributed by atoms with Crippen LogP contribution in [0.5, 0.6) is 0 Å². The molecule has 40 heavy (non-hydrogen) atoms. The molecular weight excluding hydrogens is 637 g/mol. The van der Waals surface area contributed by atoms with E-state index in [0.717, 1.165) is 52.7 Å². The smallest absolute Gasteiger partial charge is 0.306 e. The summed E-state index contributed by atoms with van der Waals surface area (Å²) >= 11 is 23.0. The number of hydrogen-bond acceptors (Lipinski definition) is 5. The Kier molecular flexibility index (Phi) is 9.92. The highest BCUT2D eigenvalue weighted by Gasteiger charge is 2.27. The van der Waals surface area contributed by atoms with Crippen LogP contribution in [0.25, 0.3) is 10.9 Å². The third-order valence-corrected chi connectivity index (χ3v) is 8.55. The first-order valence-electron chi connectivity index (χ1n) is 13.3. The van der Waals surface area contributed by atoms with Crippen LogP contribution in [-0.2, 0) is 9.53 Å². The van der Waals surface area contributed by atoms with Crippen molar-refractivity contribution in [3.63, 3.8) is 0 Å². The number of benzene rings is 2. The van der Waals surface area contributed by atoms with Crippen LogP contribution >= 0.6 is 50.7 Å². The van der Waals surface area contributed by atoms with Crippen molar-refractivity contribution in [3.8, 4) is 0 Å². The first-order valence-corrected chi connectivity index (χ1v) is 15.3. The van der Waals surface area contributed by atoms with E-state index in [1.54, 1.807) is 12.1 Å². The van der Waals surface area contributed by atoms with Gasteiger partial charge in [0.05, 0.1) is 21.1 Å². The normalized spacial score (nSPS) is 14.4. The zero-order chi connectivity index (χ0) is 29.2. The van der Waals surface area contributed by atoms with E-state index in [4.69, 9.17) is 44.5 Å². The molecule has 1 atom stereocenters. The molecule has 2 aromatic carbocycles. The number of pyridine rings is 1. The SMILES string of the molecule is Cc1c(N2CCCC2)nc2ccc(Br)cc2c1C(=O)NCC(CCC(=O)OC(C)(C)C)c1c(Cl)ccc(Cl)c1Cl. The summed E-state index contributed by atoms with van der Waals surface area (Å²) in [4.78, 5) is 33.6. The minimum atomic E-state index is -0.604. The van der Waals surface area contributed by atoms with Crippen molar-refractivity contribution < 1.29 is 14.3 Å². The zero-order valence-electron chi connectivity index (χ0n) is 23.0. The van der Waals surface area contributed by atoms with E-state index in [1.807, 2.05) is 45.9 Å². The van der Waals surface area contributed by atoms with Gasteiger partial charge in [-0.05, 0) is 82.9 Å². The minimum absolute atomic E-state index is 0.125. The summed E-state index contributed by atoms with van der Waals surface area (Å²) in [5.74, 6) is -0.123. The van der Waals surface area contributed by atoms with Gasteiger partial charge in [0.1, 0.15) is 11.4 Å². The molecule has 0 radical (unpaired) electrons. The molecule has 1 N–H and O–H groups in total. The van der Waals surface area contributed by atoms with E-state index in [1.165, 1.54) is 0 Å². The predicted octanol–water partition coefficient (Wildman–Crippen LogP) is 8.50. The Bertz CT molecular complexity index is 1440. The molecule has 1 aromatic heterocycles. The zero-order valence-corrected chi connectivity index (χ0v) is 26.9. The highest BCUT2D eigenvalue weighted by molar-refractivity contribution is 9.10. The van der Waals surface area contributed by atoms with Crippen LogP contribution in [0.4, 0.5) is 5.82 Å². The highest BCUT2D eigenvalue weighted by atomic mass is 79.9. The number of ether oxygens (including phenoxy) is 1. The number of hydrogen-bond donors (Lipinski definition) is 1. The maximum atomic E-state index is 13.9. The van der Waals surface area contributed by atoms with Gasteiger partial charge in [-0.15, -0.1) is 0 Å². The molecule has 1 fully saturated rings. The highest BCUT2D eigenvalue weighted by Crippen LogP contribution is 2.39. The summed E-state index contributed by atoms with van der Waals surface area (Å²) in [6.07, 6.45) is 2.68. The van der Waals surface area contributed by atoms with Crippen molar-refractivity contribution in [1.82, 2.24) is 10.3 Å². The van der Waals surface area contributed by atoms with Gasteiger partial charge in [0.25, 0.3) is 5.91 Å². The summed E-state index contributed by atoms with van der Waals surface area (Å²) in [5, 5.41) is 4.94. The van der Waals surface area contributed by atoms with Gasteiger partial charge in [0.15, 0.2) is 0 Å². The average Bonchev–Trinajstić information content (AvgIpc) is 3.41. The molecule has 1 saturated heterocycles. The molecule has 6 nitrogen and oxygen atoms in total. The van der Waals surface area contributed by atoms with Gasteiger partial charge >= 0.3 is 5.97 Å². The van der Waals surface area contributed by atoms with Crippen LogP contribution in [0.15, 0.2) is 34.8 Å². The largest absolute Gasteiger partial charge is 0.460 e. The van der Waals surface area contributed by atoms with Crippen molar-refractivity contribution in [3.05, 3.63) is 66.6 Å². The van der Waals surface area contributed by atoms with Crippen LogP contribution in [-0.4, -0.2) is 42.1 Å². The number of esters is 1. The van der Waals surface area contributed by atoms with E-state index in [0.29, 0.717) is 32.6 Å². The number of carbonyl (C=O) groups is 2. The Morgan fingerprint density at radius 1 is 1.10 bits per heavy atom. The number of amides is 1. The van der Waals surface area contributed by atoms with Crippen molar-refractivity contribution in [2.75, 3.05) is 24.5 Å². The Morgan fingerprint density at radius 3 is 2.45 bits per heavy atom. The fourth-order valence-corrected chi connectivity index (χ4v) is 6.31. The number of nitrogens with one attached hydrogen (secondary N) is 1. The molecular formula is C30H33BrCl3N3O3. The molecule has 0 saturated carbocycles. The first-order chi connectivity index (χ1) is 18.9. The lowest BCUT2D eigenvalue weighted by molar-refractivity contribution is -0.155. The maximum Gasteiger partial charge on any atom is 0.306 e. The third-order valence-electron chi connectivity index (χ3n) is 6.91. The van der Waals surface area contributed by atoms with E-state index in [9.17, 15) is 9.59 Å². The lowest BCUT2D eigenvalue weighted by Gasteiger charge is -2.24. The maximum absolute atomic E-state index is 13.9. The van der Waals surface area contributed by atoms with Crippen LogP contribution < -0.4 is 10.2 Å². The Hall–Kier alpha value is -2.06. The van der Waals surface area contributed by atoms with E-state index in [2.05, 4.69) is 26.1 Å². The average molecular weight is 670 g/mol. The summed E-state index contributed by atoms with van der Waals surface area (Å²) in [6.45, 7) is 9.43. The summed E-state index contributed by atoms with van der Waals surface area (Å²) < 4.78 is 6.36. The molecule has 1 aliphatic rings. The van der Waals surface area contributed by atoms with Gasteiger partial charge in [0.2, 0.25) is 0 Å². The van der Waals surface area contributed by atoms with Gasteiger partial charge in [-0.1, -0.05) is 50.7 Å². The number of nitrogens with zero attached hydrogens (tertiary/aromatic N) is 2. The molecule has 0 aliphatic carbocycles. The third kappa shape index (κ3) is 7.22. The van der Waals surface area contributed by atoms with Crippen LogP contribution in [0, 0.1) is 6.92 Å². The summed E-state index contributed by atoms with van der Waals surface area (Å²) in [6, 6.07) is 9.07. The lowest BCUT2D eigenvalue weighted by Crippen LogP contribution is -2.31. The quantitative estimate of drug-likeness (QED) is 0.192. The van der Waals surface area contributed by atoms with E-state index in [-0.39, 0.29) is 30.8 Å². The topological polar surface area (TPSA) is 71.5 Å². The molecule has 3 aromatic rings. The van der Waals surface area contributed by atoms with Gasteiger partial charge in [-0.25, -0.2) is 4.98 Å². The molecule has 4 rings (SSSR count). The molecule has 214 valence electrons. The number of carbonyl (C=O) groups excluding carboxylic acids is 2. The van der Waals surface area contributed by atoms with Crippen molar-refractivity contribution in [2.24, 2.45) is 0 Å². The molecule has 10 heteroatoms. The standard InChI is InChI=1S/C30H33BrCl3N3O3/c1-17-25(20-15-19(31)8-11-23(20)36-28(17)37-13-5-6-14-37)29(39)35-16-18(7-12-24(38)40-30(2,3)4)26-21(32)9-10-22(33)27(26)34/h8-11,15,18H,5-7,12-14,16H2,1-4H3,(H,35,39). The lowest BCUT2D eigenvalue weighted by atomic mass is 9.93. The van der Waals surface area contributed by atoms with Crippen molar-refractivity contribution >= 4 is 79.3 Å². The minimum Gasteiger partial charge on any atom is -0.460 e. The number of aromatic nitrogens is 1. The van der Waals surface area contributed by atoms with Gasteiger partial charge < -0.3 is 15.0 Å². The second-order valence-electron chi connectivity index (χ2n) is 11.1. The molecule has 1 aliphatic heterocycles. The monoisotopic (exact) mass is 667 g/mol. The molecule has 2 heterocycles. The van der Waals surface area contributed by atoms with Crippen LogP contribution in [0.3, 0.4) is 0 Å². The molecule has 1 unspecified atom stereocenters. The first kappa shape index (κ1) is 30.9. The van der Waals surface area contributed by atoms with Gasteiger partial charge in [-0.2, -0.15) is 0 Å². The number of rotatable bonds is 8. The Balaban J connectivity index is 1.66. The molecule has 0 spiro atoms. The Labute approximate surface area is 258 Å². The number of fused-ring (bicyclic) bond motifs is 1. The fraction of sp³-hybridized carbons (Fsp3) is 0.433. The second kappa shape index (κ2) is 12.8. The number of halogens is 4. The van der Waals surface area contributed by atoms with E-state index < -0.39 is 5.60 Å². The van der Waals surface area contributed by atoms with E-state index >= 15 is 0 Å². The van der Waals surface area contributed by atoms with Crippen molar-refractivity contribution in [2.45, 2.75) is 64.9 Å². The van der Waals surface area contributed by atoms with Gasteiger partial charge in [-0.3, -0.25) is 9.59 Å².